The Bertz CT molecular complexity index is 503. The van der Waals surface area contributed by atoms with Crippen LogP contribution in [0.4, 0.5) is 4.79 Å². The SMILES string of the molecule is CCN(CC(=O)O)C1CC(NC(=O)N2CCC3(CCC(O)CC3)CC2)C1. The molecule has 0 radical (unpaired) electrons. The summed E-state index contributed by atoms with van der Waals surface area (Å²) in [5, 5.41) is 21.8. The third-order valence-corrected chi connectivity index (χ3v) is 6.83. The summed E-state index contributed by atoms with van der Waals surface area (Å²) in [7, 11) is 0. The number of urea groups is 1. The van der Waals surface area contributed by atoms with Crippen LogP contribution in [0.2, 0.25) is 0 Å². The number of rotatable bonds is 5. The average molecular weight is 367 g/mol. The standard InChI is InChI=1S/C19H33N3O4/c1-2-21(13-17(24)25)15-11-14(12-15)20-18(26)22-9-7-19(8-10-22)5-3-16(23)4-6-19/h14-16,23H,2-13H2,1H3,(H,20,26)(H,24,25). The summed E-state index contributed by atoms with van der Waals surface area (Å²) in [5.41, 5.74) is 0.343. The molecule has 3 N–H and O–H groups in total. The number of likely N-dealkylation sites (tertiary alicyclic amines) is 1. The molecule has 7 heteroatoms. The summed E-state index contributed by atoms with van der Waals surface area (Å²) in [6.45, 7) is 4.38. The molecular weight excluding hydrogens is 334 g/mol. The van der Waals surface area contributed by atoms with E-state index in [2.05, 4.69) is 5.32 Å². The van der Waals surface area contributed by atoms with Gasteiger partial charge in [0.05, 0.1) is 12.6 Å². The third-order valence-electron chi connectivity index (χ3n) is 6.83. The van der Waals surface area contributed by atoms with E-state index in [1.54, 1.807) is 0 Å². The van der Waals surface area contributed by atoms with E-state index in [-0.39, 0.29) is 30.8 Å². The van der Waals surface area contributed by atoms with Crippen LogP contribution < -0.4 is 5.32 Å². The zero-order chi connectivity index (χ0) is 18.7. The van der Waals surface area contributed by atoms with E-state index < -0.39 is 5.97 Å². The van der Waals surface area contributed by atoms with Crippen molar-refractivity contribution in [2.75, 3.05) is 26.2 Å². The van der Waals surface area contributed by atoms with Crippen molar-refractivity contribution in [3.8, 4) is 0 Å². The molecule has 2 aliphatic carbocycles. The molecule has 1 spiro atoms. The first-order valence-electron chi connectivity index (χ1n) is 10.1. The predicted molar refractivity (Wildman–Crippen MR) is 97.9 cm³/mol. The number of nitrogens with one attached hydrogen (secondary N) is 1. The predicted octanol–water partition coefficient (Wildman–Crippen LogP) is 1.65. The molecule has 3 rings (SSSR count). The summed E-state index contributed by atoms with van der Waals surface area (Å²) in [4.78, 5) is 27.3. The summed E-state index contributed by atoms with van der Waals surface area (Å²) >= 11 is 0. The molecule has 26 heavy (non-hydrogen) atoms. The number of aliphatic hydroxyl groups excluding tert-OH is 1. The maximum absolute atomic E-state index is 12.5. The molecule has 1 heterocycles. The van der Waals surface area contributed by atoms with Gasteiger partial charge in [0.2, 0.25) is 0 Å². The maximum Gasteiger partial charge on any atom is 0.317 e. The summed E-state index contributed by atoms with van der Waals surface area (Å²) in [6.07, 6.45) is 7.61. The lowest BCUT2D eigenvalue weighted by Gasteiger charge is -2.46. The van der Waals surface area contributed by atoms with Gasteiger partial charge in [-0.1, -0.05) is 6.92 Å². The molecule has 0 aromatic carbocycles. The molecule has 1 saturated heterocycles. The number of nitrogens with zero attached hydrogens (tertiary/aromatic N) is 2. The van der Waals surface area contributed by atoms with Crippen molar-refractivity contribution in [2.45, 2.75) is 76.5 Å². The van der Waals surface area contributed by atoms with Crippen molar-refractivity contribution < 1.29 is 19.8 Å². The zero-order valence-electron chi connectivity index (χ0n) is 15.8. The van der Waals surface area contributed by atoms with Crippen LogP contribution in [0.15, 0.2) is 0 Å². The zero-order valence-corrected chi connectivity index (χ0v) is 15.8. The number of aliphatic carboxylic acids is 1. The largest absolute Gasteiger partial charge is 0.480 e. The monoisotopic (exact) mass is 367 g/mol. The number of hydrogen-bond donors (Lipinski definition) is 3. The quantitative estimate of drug-likeness (QED) is 0.687. The fourth-order valence-corrected chi connectivity index (χ4v) is 4.84. The van der Waals surface area contributed by atoms with Gasteiger partial charge in [-0.15, -0.1) is 0 Å². The Kier molecular flexibility index (Phi) is 6.07. The number of likely N-dealkylation sites (N-methyl/N-ethyl adjacent to an activating group) is 1. The molecule has 7 nitrogen and oxygen atoms in total. The van der Waals surface area contributed by atoms with Gasteiger partial charge in [0.25, 0.3) is 0 Å². The van der Waals surface area contributed by atoms with Crippen LogP contribution >= 0.6 is 0 Å². The van der Waals surface area contributed by atoms with Crippen LogP contribution in [0.3, 0.4) is 0 Å². The highest BCUT2D eigenvalue weighted by Crippen LogP contribution is 2.44. The summed E-state index contributed by atoms with van der Waals surface area (Å²) < 4.78 is 0. The van der Waals surface area contributed by atoms with Crippen molar-refractivity contribution in [2.24, 2.45) is 5.41 Å². The molecule has 3 fully saturated rings. The van der Waals surface area contributed by atoms with Gasteiger partial charge in [-0.05, 0) is 63.3 Å². The highest BCUT2D eigenvalue weighted by atomic mass is 16.4. The van der Waals surface area contributed by atoms with Crippen LogP contribution in [-0.4, -0.2) is 76.4 Å². The van der Waals surface area contributed by atoms with Gasteiger partial charge in [0.15, 0.2) is 0 Å². The van der Waals surface area contributed by atoms with E-state index in [0.29, 0.717) is 5.41 Å². The van der Waals surface area contributed by atoms with E-state index in [4.69, 9.17) is 5.11 Å². The molecule has 0 unspecified atom stereocenters. The van der Waals surface area contributed by atoms with Gasteiger partial charge >= 0.3 is 12.0 Å². The molecule has 2 amide bonds. The van der Waals surface area contributed by atoms with Crippen molar-refractivity contribution in [1.82, 2.24) is 15.1 Å². The van der Waals surface area contributed by atoms with Crippen LogP contribution in [-0.2, 0) is 4.79 Å². The second-order valence-electron chi connectivity index (χ2n) is 8.45. The molecular formula is C19H33N3O4. The van der Waals surface area contributed by atoms with Crippen molar-refractivity contribution in [3.05, 3.63) is 0 Å². The normalized spacial score (nSPS) is 28.8. The van der Waals surface area contributed by atoms with E-state index in [1.807, 2.05) is 16.7 Å². The second kappa shape index (κ2) is 8.13. The topological polar surface area (TPSA) is 93.1 Å². The number of piperidine rings is 1. The van der Waals surface area contributed by atoms with Crippen LogP contribution in [0.5, 0.6) is 0 Å². The Hall–Kier alpha value is -1.34. The number of carboxylic acids is 1. The Morgan fingerprint density at radius 1 is 1.15 bits per heavy atom. The number of carboxylic acid groups (broad SMARTS) is 1. The molecule has 2 saturated carbocycles. The molecule has 1 aliphatic heterocycles. The number of amides is 2. The Morgan fingerprint density at radius 3 is 2.31 bits per heavy atom. The summed E-state index contributed by atoms with van der Waals surface area (Å²) in [6, 6.07) is 0.455. The lowest BCUT2D eigenvalue weighted by Crippen LogP contribution is -2.58. The number of aliphatic hydroxyl groups is 1. The van der Waals surface area contributed by atoms with Gasteiger partial charge in [-0.25, -0.2) is 4.79 Å². The van der Waals surface area contributed by atoms with Crippen molar-refractivity contribution >= 4 is 12.0 Å². The molecule has 148 valence electrons. The minimum Gasteiger partial charge on any atom is -0.480 e. The fraction of sp³-hybridized carbons (Fsp3) is 0.895. The van der Waals surface area contributed by atoms with Gasteiger partial charge in [0.1, 0.15) is 0 Å². The first-order chi connectivity index (χ1) is 12.4. The fourth-order valence-electron chi connectivity index (χ4n) is 4.84. The molecule has 0 aromatic heterocycles. The first kappa shape index (κ1) is 19.4. The molecule has 3 aliphatic rings. The minimum atomic E-state index is -0.795. The smallest absolute Gasteiger partial charge is 0.317 e. The highest BCUT2D eigenvalue weighted by molar-refractivity contribution is 5.74. The van der Waals surface area contributed by atoms with Gasteiger partial charge < -0.3 is 20.4 Å². The van der Waals surface area contributed by atoms with Crippen molar-refractivity contribution in [3.63, 3.8) is 0 Å². The maximum atomic E-state index is 12.5. The van der Waals surface area contributed by atoms with E-state index in [0.717, 1.165) is 71.0 Å². The van der Waals surface area contributed by atoms with Crippen LogP contribution in [0.1, 0.15) is 58.3 Å². The van der Waals surface area contributed by atoms with E-state index in [9.17, 15) is 14.7 Å². The third kappa shape index (κ3) is 4.49. The van der Waals surface area contributed by atoms with Gasteiger partial charge in [0, 0.05) is 25.2 Å². The Labute approximate surface area is 155 Å². The van der Waals surface area contributed by atoms with E-state index in [1.165, 1.54) is 0 Å². The van der Waals surface area contributed by atoms with Crippen LogP contribution in [0.25, 0.3) is 0 Å². The Balaban J connectivity index is 1.38. The number of carbonyl (C=O) groups excluding carboxylic acids is 1. The van der Waals surface area contributed by atoms with Gasteiger partial charge in [-0.2, -0.15) is 0 Å². The number of hydrogen-bond acceptors (Lipinski definition) is 4. The Morgan fingerprint density at radius 2 is 1.77 bits per heavy atom. The number of carbonyl (C=O) groups is 2. The van der Waals surface area contributed by atoms with E-state index >= 15 is 0 Å². The summed E-state index contributed by atoms with van der Waals surface area (Å²) in [5.74, 6) is -0.795. The first-order valence-corrected chi connectivity index (χ1v) is 10.1. The minimum absolute atomic E-state index is 0.0282. The molecule has 0 aromatic rings. The van der Waals surface area contributed by atoms with Gasteiger partial charge in [-0.3, -0.25) is 9.69 Å². The molecule has 0 bridgehead atoms. The van der Waals surface area contributed by atoms with Crippen molar-refractivity contribution in [1.29, 1.82) is 0 Å². The highest BCUT2D eigenvalue weighted by Gasteiger charge is 2.40. The van der Waals surface area contributed by atoms with Crippen LogP contribution in [0, 0.1) is 5.41 Å². The molecule has 0 atom stereocenters. The average Bonchev–Trinajstić information content (AvgIpc) is 2.59. The lowest BCUT2D eigenvalue weighted by molar-refractivity contribution is -0.139. The second-order valence-corrected chi connectivity index (χ2v) is 8.45. The lowest BCUT2D eigenvalue weighted by atomic mass is 9.67.